The summed E-state index contributed by atoms with van der Waals surface area (Å²) < 4.78 is 5.44. The van der Waals surface area contributed by atoms with Gasteiger partial charge >= 0.3 is 0 Å². The molecule has 2 nitrogen and oxygen atoms in total. The van der Waals surface area contributed by atoms with Crippen LogP contribution in [0.4, 0.5) is 0 Å². The van der Waals surface area contributed by atoms with Crippen LogP contribution in [-0.4, -0.2) is 26.1 Å². The van der Waals surface area contributed by atoms with Gasteiger partial charge in [-0.1, -0.05) is 32.9 Å². The molecule has 102 valence electrons. The Kier molecular flexibility index (Phi) is 5.97. The van der Waals surface area contributed by atoms with Gasteiger partial charge in [-0.15, -0.1) is 11.6 Å². The van der Waals surface area contributed by atoms with Crippen LogP contribution in [0.3, 0.4) is 0 Å². The standard InChI is InChI=1S/C15H24ClNO/c1-15(2,3)13-11-12(5-6-14(13)18-4)7-9-17-10-8-16/h5-6,11,17H,7-10H2,1-4H3. The second-order valence-corrected chi connectivity index (χ2v) is 5.85. The summed E-state index contributed by atoms with van der Waals surface area (Å²) >= 11 is 5.63. The van der Waals surface area contributed by atoms with Crippen molar-refractivity contribution in [1.29, 1.82) is 0 Å². The maximum absolute atomic E-state index is 5.63. The quantitative estimate of drug-likeness (QED) is 0.632. The Morgan fingerprint density at radius 3 is 2.50 bits per heavy atom. The van der Waals surface area contributed by atoms with E-state index in [0.29, 0.717) is 5.88 Å². The Hall–Kier alpha value is -0.730. The van der Waals surface area contributed by atoms with Crippen molar-refractivity contribution in [1.82, 2.24) is 5.32 Å². The second kappa shape index (κ2) is 7.01. The number of nitrogens with one attached hydrogen (secondary N) is 1. The summed E-state index contributed by atoms with van der Waals surface area (Å²) in [7, 11) is 1.73. The van der Waals surface area contributed by atoms with Crippen LogP contribution < -0.4 is 10.1 Å². The smallest absolute Gasteiger partial charge is 0.122 e. The van der Waals surface area contributed by atoms with Crippen LogP contribution in [0, 0.1) is 0 Å². The van der Waals surface area contributed by atoms with Crippen molar-refractivity contribution >= 4 is 11.6 Å². The molecule has 3 heteroatoms. The van der Waals surface area contributed by atoms with Crippen molar-refractivity contribution in [3.05, 3.63) is 29.3 Å². The maximum atomic E-state index is 5.63. The number of ether oxygens (including phenoxy) is 1. The zero-order valence-corrected chi connectivity index (χ0v) is 12.6. The van der Waals surface area contributed by atoms with Gasteiger partial charge in [-0.2, -0.15) is 0 Å². The minimum Gasteiger partial charge on any atom is -0.496 e. The summed E-state index contributed by atoms with van der Waals surface area (Å²) in [6, 6.07) is 6.45. The lowest BCUT2D eigenvalue weighted by Gasteiger charge is -2.23. The summed E-state index contributed by atoms with van der Waals surface area (Å²) in [4.78, 5) is 0. The molecule has 0 aliphatic heterocycles. The van der Waals surface area contributed by atoms with E-state index in [1.807, 2.05) is 0 Å². The minimum atomic E-state index is 0.102. The SMILES string of the molecule is COc1ccc(CCNCCCl)cc1C(C)(C)C. The molecule has 0 saturated carbocycles. The fraction of sp³-hybridized carbons (Fsp3) is 0.600. The third kappa shape index (κ3) is 4.51. The van der Waals surface area contributed by atoms with Crippen molar-refractivity contribution in [2.45, 2.75) is 32.6 Å². The van der Waals surface area contributed by atoms with E-state index < -0.39 is 0 Å². The molecule has 0 atom stereocenters. The van der Waals surface area contributed by atoms with Crippen LogP contribution >= 0.6 is 11.6 Å². The average molecular weight is 270 g/mol. The highest BCUT2D eigenvalue weighted by Crippen LogP contribution is 2.31. The van der Waals surface area contributed by atoms with Crippen molar-refractivity contribution < 1.29 is 4.74 Å². The lowest BCUT2D eigenvalue weighted by atomic mass is 9.85. The molecule has 18 heavy (non-hydrogen) atoms. The van der Waals surface area contributed by atoms with Gasteiger partial charge in [0.1, 0.15) is 5.75 Å². The van der Waals surface area contributed by atoms with Gasteiger partial charge in [0.05, 0.1) is 7.11 Å². The van der Waals surface area contributed by atoms with Gasteiger partial charge in [0.15, 0.2) is 0 Å². The largest absolute Gasteiger partial charge is 0.496 e. The molecule has 0 aromatic heterocycles. The van der Waals surface area contributed by atoms with E-state index in [4.69, 9.17) is 16.3 Å². The Bertz CT molecular complexity index is 371. The minimum absolute atomic E-state index is 0.102. The fourth-order valence-corrected chi connectivity index (χ4v) is 2.05. The molecular formula is C15H24ClNO. The van der Waals surface area contributed by atoms with Gasteiger partial charge in [-0.25, -0.2) is 0 Å². The molecule has 0 radical (unpaired) electrons. The molecule has 0 fully saturated rings. The normalized spacial score (nSPS) is 11.6. The van der Waals surface area contributed by atoms with Gasteiger partial charge < -0.3 is 10.1 Å². The number of hydrogen-bond donors (Lipinski definition) is 1. The van der Waals surface area contributed by atoms with Gasteiger partial charge in [-0.3, -0.25) is 0 Å². The topological polar surface area (TPSA) is 21.3 Å². The molecule has 0 heterocycles. The monoisotopic (exact) mass is 269 g/mol. The lowest BCUT2D eigenvalue weighted by Crippen LogP contribution is -2.20. The summed E-state index contributed by atoms with van der Waals surface area (Å²) in [5, 5.41) is 3.31. The van der Waals surface area contributed by atoms with E-state index >= 15 is 0 Å². The van der Waals surface area contributed by atoms with Crippen LogP contribution in [0.2, 0.25) is 0 Å². The highest BCUT2D eigenvalue weighted by Gasteiger charge is 2.18. The number of hydrogen-bond acceptors (Lipinski definition) is 2. The first-order valence-corrected chi connectivity index (χ1v) is 6.96. The first kappa shape index (κ1) is 15.3. The van der Waals surface area contributed by atoms with E-state index in [0.717, 1.165) is 25.3 Å². The summed E-state index contributed by atoms with van der Waals surface area (Å²) in [6.07, 6.45) is 1.02. The molecule has 0 saturated heterocycles. The van der Waals surface area contributed by atoms with Crippen molar-refractivity contribution in [2.24, 2.45) is 0 Å². The van der Waals surface area contributed by atoms with E-state index in [9.17, 15) is 0 Å². The Morgan fingerprint density at radius 2 is 1.94 bits per heavy atom. The van der Waals surface area contributed by atoms with Crippen molar-refractivity contribution in [2.75, 3.05) is 26.1 Å². The third-order valence-corrected chi connectivity index (χ3v) is 3.12. The third-order valence-electron chi connectivity index (χ3n) is 2.93. The molecule has 0 spiro atoms. The van der Waals surface area contributed by atoms with E-state index in [-0.39, 0.29) is 5.41 Å². The second-order valence-electron chi connectivity index (χ2n) is 5.47. The zero-order valence-electron chi connectivity index (χ0n) is 11.8. The first-order valence-electron chi connectivity index (χ1n) is 6.43. The molecule has 0 bridgehead atoms. The van der Waals surface area contributed by atoms with Crippen LogP contribution in [0.15, 0.2) is 18.2 Å². The maximum Gasteiger partial charge on any atom is 0.122 e. The Morgan fingerprint density at radius 1 is 1.22 bits per heavy atom. The van der Waals surface area contributed by atoms with Gasteiger partial charge in [-0.05, 0) is 35.6 Å². The molecule has 1 rings (SSSR count). The number of rotatable bonds is 6. The fourth-order valence-electron chi connectivity index (χ4n) is 1.92. The zero-order chi connectivity index (χ0) is 13.6. The van der Waals surface area contributed by atoms with Crippen LogP contribution in [0.5, 0.6) is 5.75 Å². The number of halogens is 1. The Balaban J connectivity index is 2.77. The van der Waals surface area contributed by atoms with Crippen LogP contribution in [-0.2, 0) is 11.8 Å². The summed E-state index contributed by atoms with van der Waals surface area (Å²) in [5.41, 5.74) is 2.70. The molecule has 1 aromatic rings. The molecular weight excluding hydrogens is 246 g/mol. The predicted molar refractivity (Wildman–Crippen MR) is 79.0 cm³/mol. The Labute approximate surface area is 116 Å². The molecule has 0 unspecified atom stereocenters. The lowest BCUT2D eigenvalue weighted by molar-refractivity contribution is 0.397. The molecule has 1 aromatic carbocycles. The molecule has 1 N–H and O–H groups in total. The number of methoxy groups -OCH3 is 1. The number of alkyl halides is 1. The van der Waals surface area contributed by atoms with Crippen LogP contribution in [0.25, 0.3) is 0 Å². The summed E-state index contributed by atoms with van der Waals surface area (Å²) in [6.45, 7) is 8.45. The van der Waals surface area contributed by atoms with Crippen LogP contribution in [0.1, 0.15) is 31.9 Å². The van der Waals surface area contributed by atoms with Crippen molar-refractivity contribution in [3.8, 4) is 5.75 Å². The van der Waals surface area contributed by atoms with Gasteiger partial charge in [0.2, 0.25) is 0 Å². The van der Waals surface area contributed by atoms with E-state index in [1.54, 1.807) is 7.11 Å². The predicted octanol–water partition coefficient (Wildman–Crippen LogP) is 3.36. The van der Waals surface area contributed by atoms with Crippen molar-refractivity contribution in [3.63, 3.8) is 0 Å². The molecule has 0 amide bonds. The number of benzene rings is 1. The van der Waals surface area contributed by atoms with Gasteiger partial charge in [0, 0.05) is 12.4 Å². The molecule has 0 aliphatic rings. The van der Waals surface area contributed by atoms with E-state index in [1.165, 1.54) is 11.1 Å². The van der Waals surface area contributed by atoms with Gasteiger partial charge in [0.25, 0.3) is 0 Å². The van der Waals surface area contributed by atoms with E-state index in [2.05, 4.69) is 44.3 Å². The average Bonchev–Trinajstić information content (AvgIpc) is 2.33. The first-order chi connectivity index (χ1) is 8.49. The highest BCUT2D eigenvalue weighted by molar-refractivity contribution is 6.18. The highest BCUT2D eigenvalue weighted by atomic mass is 35.5. The summed E-state index contributed by atoms with van der Waals surface area (Å²) in [5.74, 6) is 1.63. The molecule has 0 aliphatic carbocycles.